The molecule has 0 bridgehead atoms. The Labute approximate surface area is 136 Å². The Bertz CT molecular complexity index is 680. The molecule has 5 nitrogen and oxygen atoms in total. The topological polar surface area (TPSA) is 58.4 Å². The Balaban J connectivity index is 1.63. The van der Waals surface area contributed by atoms with Crippen molar-refractivity contribution in [1.82, 2.24) is 14.5 Å². The van der Waals surface area contributed by atoms with Crippen molar-refractivity contribution in [2.75, 3.05) is 19.6 Å². The van der Waals surface area contributed by atoms with Crippen LogP contribution in [0.5, 0.6) is 0 Å². The first-order valence-electron chi connectivity index (χ1n) is 8.17. The summed E-state index contributed by atoms with van der Waals surface area (Å²) in [5.74, 6) is 0.620. The number of hydrogen-bond donors (Lipinski definition) is 1. The van der Waals surface area contributed by atoms with Crippen molar-refractivity contribution in [3.8, 4) is 0 Å². The van der Waals surface area contributed by atoms with Crippen molar-refractivity contribution in [3.63, 3.8) is 0 Å². The molecule has 0 amide bonds. The normalized spacial score (nSPS) is 18.9. The molecule has 0 radical (unpaired) electrons. The van der Waals surface area contributed by atoms with Gasteiger partial charge in [0.05, 0.1) is 5.56 Å². The van der Waals surface area contributed by atoms with E-state index < -0.39 is 5.97 Å². The Kier molecular flexibility index (Phi) is 4.76. The van der Waals surface area contributed by atoms with Crippen LogP contribution in [-0.2, 0) is 6.54 Å². The highest BCUT2D eigenvalue weighted by Gasteiger charge is 2.21. The third-order valence-electron chi connectivity index (χ3n) is 4.69. The molecule has 1 aromatic heterocycles. The molecular weight excluding hydrogens is 290 g/mol. The van der Waals surface area contributed by atoms with Crippen LogP contribution in [0.1, 0.15) is 40.5 Å². The largest absolute Gasteiger partial charge is 0.478 e. The van der Waals surface area contributed by atoms with Gasteiger partial charge in [-0.25, -0.2) is 9.78 Å². The van der Waals surface area contributed by atoms with E-state index in [1.54, 1.807) is 6.07 Å². The van der Waals surface area contributed by atoms with Gasteiger partial charge in [0.15, 0.2) is 0 Å². The van der Waals surface area contributed by atoms with E-state index in [2.05, 4.69) is 20.5 Å². The number of imidazole rings is 1. The van der Waals surface area contributed by atoms with Crippen LogP contribution in [0.4, 0.5) is 0 Å². The highest BCUT2D eigenvalue weighted by molar-refractivity contribution is 5.87. The summed E-state index contributed by atoms with van der Waals surface area (Å²) in [5.41, 5.74) is 1.53. The molecule has 5 heteroatoms. The second kappa shape index (κ2) is 6.96. The first-order chi connectivity index (χ1) is 11.1. The summed E-state index contributed by atoms with van der Waals surface area (Å²) in [7, 11) is 0. The van der Waals surface area contributed by atoms with Crippen molar-refractivity contribution >= 4 is 5.97 Å². The third kappa shape index (κ3) is 3.79. The zero-order chi connectivity index (χ0) is 16.2. The molecule has 23 heavy (non-hydrogen) atoms. The van der Waals surface area contributed by atoms with Crippen molar-refractivity contribution in [3.05, 3.63) is 53.6 Å². The van der Waals surface area contributed by atoms with E-state index in [1.165, 1.54) is 0 Å². The fraction of sp³-hybridized carbons (Fsp3) is 0.444. The van der Waals surface area contributed by atoms with Crippen LogP contribution in [0, 0.1) is 6.92 Å². The van der Waals surface area contributed by atoms with Crippen LogP contribution in [0.25, 0.3) is 0 Å². The van der Waals surface area contributed by atoms with Crippen LogP contribution >= 0.6 is 0 Å². The predicted octanol–water partition coefficient (Wildman–Crippen LogP) is 2.77. The van der Waals surface area contributed by atoms with Gasteiger partial charge in [0.1, 0.15) is 5.82 Å². The number of aryl methyl sites for hydroxylation is 1. The van der Waals surface area contributed by atoms with Crippen molar-refractivity contribution in [2.45, 2.75) is 32.2 Å². The quantitative estimate of drug-likeness (QED) is 0.922. The van der Waals surface area contributed by atoms with Gasteiger partial charge in [0, 0.05) is 32.0 Å². The first-order valence-corrected chi connectivity index (χ1v) is 8.17. The molecule has 1 N–H and O–H groups in total. The van der Waals surface area contributed by atoms with Crippen LogP contribution in [0.15, 0.2) is 36.7 Å². The number of nitrogens with zero attached hydrogens (tertiary/aromatic N) is 3. The minimum atomic E-state index is -0.852. The highest BCUT2D eigenvalue weighted by atomic mass is 16.4. The number of carboxylic acid groups (broad SMARTS) is 1. The Morgan fingerprint density at radius 1 is 1.39 bits per heavy atom. The van der Waals surface area contributed by atoms with Crippen LogP contribution < -0.4 is 0 Å². The summed E-state index contributed by atoms with van der Waals surface area (Å²) in [6.07, 6.45) is 6.15. The van der Waals surface area contributed by atoms with Crippen LogP contribution in [-0.4, -0.2) is 45.2 Å². The van der Waals surface area contributed by atoms with Gasteiger partial charge in [0.2, 0.25) is 0 Å². The van der Waals surface area contributed by atoms with Crippen LogP contribution in [0.3, 0.4) is 0 Å². The lowest BCUT2D eigenvalue weighted by atomic mass is 9.89. The number of benzene rings is 1. The first kappa shape index (κ1) is 15.7. The molecule has 1 aliphatic rings. The van der Waals surface area contributed by atoms with E-state index in [9.17, 15) is 4.79 Å². The minimum absolute atomic E-state index is 0.383. The number of likely N-dealkylation sites (tertiary alicyclic amines) is 1. The van der Waals surface area contributed by atoms with Crippen molar-refractivity contribution < 1.29 is 9.90 Å². The highest BCUT2D eigenvalue weighted by Crippen LogP contribution is 2.27. The van der Waals surface area contributed by atoms with E-state index in [0.717, 1.165) is 50.4 Å². The zero-order valence-electron chi connectivity index (χ0n) is 13.5. The molecule has 0 spiro atoms. The zero-order valence-corrected chi connectivity index (χ0v) is 13.5. The SMILES string of the molecule is Cc1nccn1CCN1CCC[C@@H](c2cccc(C(=O)O)c2)C1. The van der Waals surface area contributed by atoms with Gasteiger partial charge in [-0.3, -0.25) is 0 Å². The van der Waals surface area contributed by atoms with Gasteiger partial charge in [-0.2, -0.15) is 0 Å². The fourth-order valence-electron chi connectivity index (χ4n) is 3.35. The molecule has 1 saturated heterocycles. The lowest BCUT2D eigenvalue weighted by molar-refractivity contribution is 0.0696. The second-order valence-electron chi connectivity index (χ2n) is 6.24. The van der Waals surface area contributed by atoms with Crippen molar-refractivity contribution in [2.24, 2.45) is 0 Å². The van der Waals surface area contributed by atoms with Gasteiger partial charge < -0.3 is 14.6 Å². The monoisotopic (exact) mass is 313 g/mol. The molecule has 122 valence electrons. The van der Waals surface area contributed by atoms with Crippen molar-refractivity contribution in [1.29, 1.82) is 0 Å². The summed E-state index contributed by atoms with van der Waals surface area (Å²) < 4.78 is 2.18. The molecule has 1 aromatic carbocycles. The van der Waals surface area contributed by atoms with Gasteiger partial charge >= 0.3 is 5.97 Å². The average Bonchev–Trinajstić information content (AvgIpc) is 2.98. The Morgan fingerprint density at radius 2 is 2.26 bits per heavy atom. The molecule has 0 unspecified atom stereocenters. The maximum Gasteiger partial charge on any atom is 0.335 e. The second-order valence-corrected chi connectivity index (χ2v) is 6.24. The Hall–Kier alpha value is -2.14. The number of carbonyl (C=O) groups is 1. The van der Waals surface area contributed by atoms with E-state index in [-0.39, 0.29) is 0 Å². The molecule has 1 atom stereocenters. The van der Waals surface area contributed by atoms with Gasteiger partial charge in [-0.1, -0.05) is 12.1 Å². The summed E-state index contributed by atoms with van der Waals surface area (Å²) in [5, 5.41) is 9.16. The fourth-order valence-corrected chi connectivity index (χ4v) is 3.35. The number of hydrogen-bond acceptors (Lipinski definition) is 3. The number of carboxylic acids is 1. The minimum Gasteiger partial charge on any atom is -0.478 e. The third-order valence-corrected chi connectivity index (χ3v) is 4.69. The van der Waals surface area contributed by atoms with Crippen LogP contribution in [0.2, 0.25) is 0 Å². The number of aromatic carboxylic acids is 1. The summed E-state index contributed by atoms with van der Waals surface area (Å²) in [6, 6.07) is 7.40. The van der Waals surface area contributed by atoms with Gasteiger partial charge in [0.25, 0.3) is 0 Å². The molecule has 2 heterocycles. The molecule has 0 saturated carbocycles. The summed E-state index contributed by atoms with van der Waals surface area (Å²) in [4.78, 5) is 17.9. The van der Waals surface area contributed by atoms with E-state index >= 15 is 0 Å². The molecule has 0 aliphatic carbocycles. The van der Waals surface area contributed by atoms with Gasteiger partial charge in [-0.05, 0) is 49.9 Å². The average molecular weight is 313 g/mol. The maximum absolute atomic E-state index is 11.1. The standard InChI is InChI=1S/C18H23N3O2/c1-14-19-7-9-21(14)11-10-20-8-3-6-17(13-20)15-4-2-5-16(12-15)18(22)23/h2,4-5,7,9,12,17H,3,6,8,10-11,13H2,1H3,(H,22,23)/t17-/m1/s1. The smallest absolute Gasteiger partial charge is 0.335 e. The lowest BCUT2D eigenvalue weighted by Crippen LogP contribution is -2.36. The lowest BCUT2D eigenvalue weighted by Gasteiger charge is -2.33. The molecular formula is C18H23N3O2. The Morgan fingerprint density at radius 3 is 3.00 bits per heavy atom. The molecule has 3 rings (SSSR count). The number of piperidine rings is 1. The summed E-state index contributed by atoms with van der Waals surface area (Å²) >= 11 is 0. The maximum atomic E-state index is 11.1. The number of aromatic nitrogens is 2. The molecule has 1 fully saturated rings. The van der Waals surface area contributed by atoms with E-state index in [0.29, 0.717) is 11.5 Å². The predicted molar refractivity (Wildman–Crippen MR) is 88.8 cm³/mol. The van der Waals surface area contributed by atoms with E-state index in [4.69, 9.17) is 5.11 Å². The van der Waals surface area contributed by atoms with E-state index in [1.807, 2.05) is 31.5 Å². The van der Waals surface area contributed by atoms with Gasteiger partial charge in [-0.15, -0.1) is 0 Å². The molecule has 2 aromatic rings. The summed E-state index contributed by atoms with van der Waals surface area (Å²) in [6.45, 7) is 6.09. The molecule has 1 aliphatic heterocycles. The number of rotatable bonds is 5.